The standard InChI is InChI=1S/C22H25F3N8O2/c1-11-17-19(32(4)12(2)20(35)30-17)31-21(28-11)26-7-14-8-27-33(9-14)10-15-5-6-16(22(23,24)25)29-18(15)13(3)34/h5-6,8-9,12-13,34H,7,10H2,1-4H3,(H,30,35)(H,26,28,31)/t12-,13+/m0/s1. The number of amides is 1. The largest absolute Gasteiger partial charge is 0.433 e. The molecule has 2 atom stereocenters. The van der Waals surface area contributed by atoms with E-state index in [-0.39, 0.29) is 24.2 Å². The van der Waals surface area contributed by atoms with Crippen LogP contribution in [0, 0.1) is 6.92 Å². The number of hydrogen-bond acceptors (Lipinski definition) is 8. The average molecular weight is 490 g/mol. The molecule has 3 aromatic rings. The van der Waals surface area contributed by atoms with Crippen LogP contribution in [0.25, 0.3) is 0 Å². The minimum Gasteiger partial charge on any atom is -0.387 e. The van der Waals surface area contributed by atoms with Crippen molar-refractivity contribution in [2.75, 3.05) is 22.6 Å². The van der Waals surface area contributed by atoms with E-state index in [0.717, 1.165) is 11.6 Å². The van der Waals surface area contributed by atoms with Crippen molar-refractivity contribution in [2.24, 2.45) is 0 Å². The van der Waals surface area contributed by atoms with Crippen LogP contribution >= 0.6 is 0 Å². The van der Waals surface area contributed by atoms with Crippen molar-refractivity contribution < 1.29 is 23.1 Å². The van der Waals surface area contributed by atoms with Crippen LogP contribution in [0.15, 0.2) is 24.5 Å². The summed E-state index contributed by atoms with van der Waals surface area (Å²) in [6.45, 7) is 5.42. The summed E-state index contributed by atoms with van der Waals surface area (Å²) in [6, 6.07) is 1.83. The van der Waals surface area contributed by atoms with Gasteiger partial charge in [-0.05, 0) is 32.4 Å². The molecule has 0 saturated heterocycles. The van der Waals surface area contributed by atoms with Crippen molar-refractivity contribution in [1.82, 2.24) is 24.7 Å². The highest BCUT2D eigenvalue weighted by molar-refractivity contribution is 6.03. The number of aliphatic hydroxyl groups excluding tert-OH is 1. The molecule has 1 aliphatic rings. The van der Waals surface area contributed by atoms with Gasteiger partial charge >= 0.3 is 6.18 Å². The van der Waals surface area contributed by atoms with Gasteiger partial charge in [-0.15, -0.1) is 0 Å². The first kappa shape index (κ1) is 24.4. The fourth-order valence-electron chi connectivity index (χ4n) is 3.72. The third-order valence-electron chi connectivity index (χ3n) is 5.78. The van der Waals surface area contributed by atoms with E-state index in [1.165, 1.54) is 13.0 Å². The number of likely N-dealkylation sites (N-methyl/N-ethyl adjacent to an activating group) is 1. The second-order valence-electron chi connectivity index (χ2n) is 8.42. The Morgan fingerprint density at radius 1 is 1.26 bits per heavy atom. The topological polar surface area (TPSA) is 121 Å². The third kappa shape index (κ3) is 5.04. The van der Waals surface area contributed by atoms with Gasteiger partial charge in [-0.1, -0.05) is 6.07 Å². The quantitative estimate of drug-likeness (QED) is 0.482. The Morgan fingerprint density at radius 3 is 2.69 bits per heavy atom. The lowest BCUT2D eigenvalue weighted by Gasteiger charge is -2.32. The van der Waals surface area contributed by atoms with Gasteiger partial charge in [0.1, 0.15) is 17.4 Å². The van der Waals surface area contributed by atoms with Crippen molar-refractivity contribution >= 4 is 23.4 Å². The minimum atomic E-state index is -4.59. The van der Waals surface area contributed by atoms with Gasteiger partial charge in [-0.2, -0.15) is 23.3 Å². The molecule has 3 aromatic heterocycles. The molecule has 0 spiro atoms. The molecule has 4 rings (SSSR count). The lowest BCUT2D eigenvalue weighted by atomic mass is 10.1. The molecule has 186 valence electrons. The number of aromatic nitrogens is 5. The number of carbonyl (C=O) groups excluding carboxylic acids is 1. The summed E-state index contributed by atoms with van der Waals surface area (Å²) in [5, 5.41) is 20.2. The van der Waals surface area contributed by atoms with Crippen molar-refractivity contribution in [2.45, 2.75) is 52.2 Å². The van der Waals surface area contributed by atoms with Gasteiger partial charge in [-0.25, -0.2) is 9.97 Å². The minimum absolute atomic E-state index is 0.0432. The van der Waals surface area contributed by atoms with Crippen molar-refractivity contribution in [3.05, 3.63) is 52.7 Å². The highest BCUT2D eigenvalue weighted by Crippen LogP contribution is 2.32. The van der Waals surface area contributed by atoms with Crippen molar-refractivity contribution in [3.8, 4) is 0 Å². The van der Waals surface area contributed by atoms with Crippen LogP contribution in [-0.2, 0) is 24.1 Å². The Kier molecular flexibility index (Phi) is 6.36. The van der Waals surface area contributed by atoms with E-state index >= 15 is 0 Å². The molecular formula is C22H25F3N8O2. The molecule has 0 fully saturated rings. The molecule has 4 heterocycles. The molecule has 0 unspecified atom stereocenters. The monoisotopic (exact) mass is 490 g/mol. The van der Waals surface area contributed by atoms with Gasteiger partial charge < -0.3 is 20.6 Å². The molecule has 1 aliphatic heterocycles. The number of fused-ring (bicyclic) bond motifs is 1. The number of hydrogen-bond donors (Lipinski definition) is 3. The number of carbonyl (C=O) groups is 1. The van der Waals surface area contributed by atoms with Gasteiger partial charge in [0.25, 0.3) is 0 Å². The molecule has 3 N–H and O–H groups in total. The van der Waals surface area contributed by atoms with E-state index in [2.05, 4.69) is 30.7 Å². The lowest BCUT2D eigenvalue weighted by molar-refractivity contribution is -0.141. The number of pyridine rings is 1. The number of aliphatic hydroxyl groups is 1. The third-order valence-corrected chi connectivity index (χ3v) is 5.78. The second kappa shape index (κ2) is 9.13. The summed E-state index contributed by atoms with van der Waals surface area (Å²) in [5.74, 6) is 0.873. The van der Waals surface area contributed by atoms with Crippen molar-refractivity contribution in [3.63, 3.8) is 0 Å². The fraction of sp³-hybridized carbons (Fsp3) is 0.409. The predicted octanol–water partition coefficient (Wildman–Crippen LogP) is 2.89. The van der Waals surface area contributed by atoms with Gasteiger partial charge in [-0.3, -0.25) is 9.48 Å². The number of aryl methyl sites for hydroxylation is 1. The summed E-state index contributed by atoms with van der Waals surface area (Å²) < 4.78 is 40.5. The maximum absolute atomic E-state index is 13.0. The van der Waals surface area contributed by atoms with E-state index in [1.807, 2.05) is 0 Å². The summed E-state index contributed by atoms with van der Waals surface area (Å²) in [7, 11) is 1.79. The van der Waals surface area contributed by atoms with Crippen molar-refractivity contribution in [1.29, 1.82) is 0 Å². The van der Waals surface area contributed by atoms with Crippen LogP contribution in [0.3, 0.4) is 0 Å². The second-order valence-corrected chi connectivity index (χ2v) is 8.42. The Labute approximate surface area is 199 Å². The zero-order valence-electron chi connectivity index (χ0n) is 19.6. The fourth-order valence-corrected chi connectivity index (χ4v) is 3.72. The number of rotatable bonds is 6. The molecule has 13 heteroatoms. The van der Waals surface area contributed by atoms with E-state index in [9.17, 15) is 23.1 Å². The highest BCUT2D eigenvalue weighted by Gasteiger charge is 2.33. The molecule has 0 bridgehead atoms. The average Bonchev–Trinajstić information content (AvgIpc) is 3.23. The molecule has 1 amide bonds. The SMILES string of the molecule is Cc1nc(NCc2cnn(Cc3ccc(C(F)(F)F)nc3[C@@H](C)O)c2)nc2c1NC(=O)[C@H](C)N2C. The number of alkyl halides is 3. The van der Waals surface area contributed by atoms with Gasteiger partial charge in [0.05, 0.1) is 30.2 Å². The highest BCUT2D eigenvalue weighted by atomic mass is 19.4. The van der Waals surface area contributed by atoms with E-state index in [1.54, 1.807) is 42.9 Å². The molecule has 0 aromatic carbocycles. The van der Waals surface area contributed by atoms with E-state index in [0.29, 0.717) is 35.3 Å². The number of nitrogens with zero attached hydrogens (tertiary/aromatic N) is 6. The smallest absolute Gasteiger partial charge is 0.387 e. The van der Waals surface area contributed by atoms with E-state index in [4.69, 9.17) is 0 Å². The summed E-state index contributed by atoms with van der Waals surface area (Å²) in [5.41, 5.74) is 1.33. The molecule has 0 saturated carbocycles. The Balaban J connectivity index is 1.47. The molecule has 10 nitrogen and oxygen atoms in total. The zero-order valence-corrected chi connectivity index (χ0v) is 19.6. The Bertz CT molecular complexity index is 1260. The van der Waals surface area contributed by atoms with Gasteiger partial charge in [0.15, 0.2) is 5.82 Å². The Hall–Kier alpha value is -3.74. The van der Waals surface area contributed by atoms with Crippen LogP contribution in [0.2, 0.25) is 0 Å². The molecule has 0 radical (unpaired) electrons. The summed E-state index contributed by atoms with van der Waals surface area (Å²) in [4.78, 5) is 26.4. The number of anilines is 3. The molecule has 0 aliphatic carbocycles. The van der Waals surface area contributed by atoms with Crippen LogP contribution in [0.4, 0.5) is 30.6 Å². The summed E-state index contributed by atoms with van der Waals surface area (Å²) in [6.07, 6.45) is -2.41. The first-order valence-corrected chi connectivity index (χ1v) is 10.9. The van der Waals surface area contributed by atoms with Gasteiger partial charge in [0.2, 0.25) is 11.9 Å². The lowest BCUT2D eigenvalue weighted by Crippen LogP contribution is -2.44. The Morgan fingerprint density at radius 2 is 2.00 bits per heavy atom. The predicted molar refractivity (Wildman–Crippen MR) is 122 cm³/mol. The first-order valence-electron chi connectivity index (χ1n) is 10.9. The zero-order chi connectivity index (χ0) is 25.5. The maximum Gasteiger partial charge on any atom is 0.433 e. The first-order chi connectivity index (χ1) is 16.4. The van der Waals surface area contributed by atoms with Crippen LogP contribution in [0.5, 0.6) is 0 Å². The number of halogens is 3. The van der Waals surface area contributed by atoms with Crippen LogP contribution in [0.1, 0.15) is 48.2 Å². The van der Waals surface area contributed by atoms with Gasteiger partial charge in [0, 0.05) is 25.4 Å². The van der Waals surface area contributed by atoms with Crippen LogP contribution < -0.4 is 15.5 Å². The van der Waals surface area contributed by atoms with Crippen LogP contribution in [-0.4, -0.2) is 48.8 Å². The number of nitrogens with one attached hydrogen (secondary N) is 2. The maximum atomic E-state index is 13.0. The summed E-state index contributed by atoms with van der Waals surface area (Å²) >= 11 is 0. The normalized spacial score (nSPS) is 16.6. The molecule has 35 heavy (non-hydrogen) atoms. The molecular weight excluding hydrogens is 465 g/mol. The van der Waals surface area contributed by atoms with E-state index < -0.39 is 18.0 Å².